The van der Waals surface area contributed by atoms with E-state index in [0.717, 1.165) is 34.7 Å². The molecule has 0 spiro atoms. The lowest BCUT2D eigenvalue weighted by atomic mass is 9.98. The standard InChI is InChI=1S/C20H17NO2/c22-20(23)18-10-16(13-8-9-13)12-21-19(18)11-15-6-3-5-14-4-1-2-7-17(14)15/h1-7,10,12-13H,8-9,11H2,(H,22,23). The molecule has 1 aliphatic rings. The minimum atomic E-state index is -0.893. The van der Waals surface area contributed by atoms with Crippen LogP contribution in [-0.2, 0) is 6.42 Å². The van der Waals surface area contributed by atoms with E-state index in [0.29, 0.717) is 23.6 Å². The molecule has 1 fully saturated rings. The molecule has 1 saturated carbocycles. The normalized spacial score (nSPS) is 14.1. The van der Waals surface area contributed by atoms with Gasteiger partial charge < -0.3 is 5.11 Å². The maximum absolute atomic E-state index is 11.6. The first-order valence-corrected chi connectivity index (χ1v) is 7.91. The predicted molar refractivity (Wildman–Crippen MR) is 89.9 cm³/mol. The molecular weight excluding hydrogens is 286 g/mol. The molecule has 0 unspecified atom stereocenters. The molecule has 0 saturated heterocycles. The number of pyridine rings is 1. The number of rotatable bonds is 4. The quantitative estimate of drug-likeness (QED) is 0.777. The second-order valence-electron chi connectivity index (χ2n) is 6.16. The number of benzene rings is 2. The number of fused-ring (bicyclic) bond motifs is 1. The third kappa shape index (κ3) is 2.70. The Morgan fingerprint density at radius 2 is 1.91 bits per heavy atom. The smallest absolute Gasteiger partial charge is 0.337 e. The maximum atomic E-state index is 11.6. The molecule has 4 rings (SSSR count). The first kappa shape index (κ1) is 13.9. The second kappa shape index (κ2) is 5.51. The van der Waals surface area contributed by atoms with Crippen LogP contribution in [0.4, 0.5) is 0 Å². The zero-order valence-electron chi connectivity index (χ0n) is 12.7. The van der Waals surface area contributed by atoms with Crippen LogP contribution in [0.1, 0.15) is 45.9 Å². The molecule has 1 heterocycles. The van der Waals surface area contributed by atoms with Crippen LogP contribution >= 0.6 is 0 Å². The van der Waals surface area contributed by atoms with E-state index in [2.05, 4.69) is 23.2 Å². The fourth-order valence-electron chi connectivity index (χ4n) is 3.10. The summed E-state index contributed by atoms with van der Waals surface area (Å²) in [6, 6.07) is 16.1. The molecule has 114 valence electrons. The summed E-state index contributed by atoms with van der Waals surface area (Å²) in [5.74, 6) is -0.387. The number of carboxylic acids is 1. The number of nitrogens with zero attached hydrogens (tertiary/aromatic N) is 1. The molecule has 23 heavy (non-hydrogen) atoms. The Kier molecular flexibility index (Phi) is 3.34. The van der Waals surface area contributed by atoms with Gasteiger partial charge in [-0.1, -0.05) is 42.5 Å². The van der Waals surface area contributed by atoms with Crippen molar-refractivity contribution < 1.29 is 9.90 Å². The summed E-state index contributed by atoms with van der Waals surface area (Å²) >= 11 is 0. The van der Waals surface area contributed by atoms with Crippen molar-refractivity contribution in [1.29, 1.82) is 0 Å². The molecule has 0 bridgehead atoms. The first-order chi connectivity index (χ1) is 11.2. The van der Waals surface area contributed by atoms with Gasteiger partial charge in [-0.2, -0.15) is 0 Å². The van der Waals surface area contributed by atoms with Crippen LogP contribution in [0.2, 0.25) is 0 Å². The Morgan fingerprint density at radius 3 is 2.70 bits per heavy atom. The van der Waals surface area contributed by atoms with Crippen LogP contribution in [0.3, 0.4) is 0 Å². The third-order valence-electron chi connectivity index (χ3n) is 4.51. The van der Waals surface area contributed by atoms with Crippen molar-refractivity contribution in [1.82, 2.24) is 4.98 Å². The largest absolute Gasteiger partial charge is 0.478 e. The van der Waals surface area contributed by atoms with Gasteiger partial charge in [0, 0.05) is 12.6 Å². The van der Waals surface area contributed by atoms with Crippen molar-refractivity contribution in [2.24, 2.45) is 0 Å². The lowest BCUT2D eigenvalue weighted by molar-refractivity contribution is 0.0695. The highest BCUT2D eigenvalue weighted by molar-refractivity contribution is 5.90. The van der Waals surface area contributed by atoms with Crippen LogP contribution in [0.15, 0.2) is 54.7 Å². The van der Waals surface area contributed by atoms with Crippen molar-refractivity contribution in [3.63, 3.8) is 0 Å². The molecule has 3 nitrogen and oxygen atoms in total. The summed E-state index contributed by atoms with van der Waals surface area (Å²) in [7, 11) is 0. The van der Waals surface area contributed by atoms with Crippen molar-refractivity contribution in [3.8, 4) is 0 Å². The number of carboxylic acid groups (broad SMARTS) is 1. The van der Waals surface area contributed by atoms with E-state index in [-0.39, 0.29) is 0 Å². The zero-order chi connectivity index (χ0) is 15.8. The summed E-state index contributed by atoms with van der Waals surface area (Å²) < 4.78 is 0. The average molecular weight is 303 g/mol. The molecule has 1 aliphatic carbocycles. The molecule has 0 radical (unpaired) electrons. The average Bonchev–Trinajstić information content (AvgIpc) is 3.40. The summed E-state index contributed by atoms with van der Waals surface area (Å²) in [4.78, 5) is 16.1. The Hall–Kier alpha value is -2.68. The summed E-state index contributed by atoms with van der Waals surface area (Å²) in [6.07, 6.45) is 4.67. The Bertz CT molecular complexity index is 892. The van der Waals surface area contributed by atoms with Gasteiger partial charge in [0.2, 0.25) is 0 Å². The highest BCUT2D eigenvalue weighted by Crippen LogP contribution is 2.40. The fourth-order valence-corrected chi connectivity index (χ4v) is 3.10. The van der Waals surface area contributed by atoms with Gasteiger partial charge in [0.25, 0.3) is 0 Å². The van der Waals surface area contributed by atoms with Gasteiger partial charge in [0.05, 0.1) is 11.3 Å². The molecule has 0 atom stereocenters. The van der Waals surface area contributed by atoms with Crippen molar-refractivity contribution >= 4 is 16.7 Å². The van der Waals surface area contributed by atoms with E-state index < -0.39 is 5.97 Å². The molecular formula is C20H17NO2. The number of hydrogen-bond donors (Lipinski definition) is 1. The minimum absolute atomic E-state index is 0.335. The van der Waals surface area contributed by atoms with Crippen molar-refractivity contribution in [3.05, 3.63) is 77.1 Å². The molecule has 2 aromatic carbocycles. The Labute approximate surface area is 134 Å². The third-order valence-corrected chi connectivity index (χ3v) is 4.51. The van der Waals surface area contributed by atoms with E-state index in [9.17, 15) is 9.90 Å². The molecule has 0 amide bonds. The summed E-state index contributed by atoms with van der Waals surface area (Å²) in [5.41, 5.74) is 3.14. The van der Waals surface area contributed by atoms with E-state index in [4.69, 9.17) is 0 Å². The highest BCUT2D eigenvalue weighted by atomic mass is 16.4. The summed E-state index contributed by atoms with van der Waals surface area (Å²) in [6.45, 7) is 0. The lowest BCUT2D eigenvalue weighted by Crippen LogP contribution is -2.07. The van der Waals surface area contributed by atoms with Crippen LogP contribution in [-0.4, -0.2) is 16.1 Å². The van der Waals surface area contributed by atoms with E-state index in [1.165, 1.54) is 0 Å². The zero-order valence-corrected chi connectivity index (χ0v) is 12.7. The monoisotopic (exact) mass is 303 g/mol. The van der Waals surface area contributed by atoms with Gasteiger partial charge >= 0.3 is 5.97 Å². The second-order valence-corrected chi connectivity index (χ2v) is 6.16. The molecule has 0 aliphatic heterocycles. The van der Waals surface area contributed by atoms with Crippen molar-refractivity contribution in [2.75, 3.05) is 0 Å². The Morgan fingerprint density at radius 1 is 1.13 bits per heavy atom. The molecule has 1 N–H and O–H groups in total. The van der Waals surface area contributed by atoms with Crippen molar-refractivity contribution in [2.45, 2.75) is 25.2 Å². The van der Waals surface area contributed by atoms with Crippen LogP contribution in [0.25, 0.3) is 10.8 Å². The minimum Gasteiger partial charge on any atom is -0.478 e. The van der Waals surface area contributed by atoms with E-state index in [1.54, 1.807) is 0 Å². The lowest BCUT2D eigenvalue weighted by Gasteiger charge is -2.10. The van der Waals surface area contributed by atoms with Crippen LogP contribution in [0.5, 0.6) is 0 Å². The number of aromatic carboxylic acids is 1. The Balaban J connectivity index is 1.76. The molecule has 3 heteroatoms. The highest BCUT2D eigenvalue weighted by Gasteiger charge is 2.25. The predicted octanol–water partition coefficient (Wildman–Crippen LogP) is 4.40. The van der Waals surface area contributed by atoms with Gasteiger partial charge in [-0.3, -0.25) is 4.98 Å². The van der Waals surface area contributed by atoms with Crippen LogP contribution < -0.4 is 0 Å². The van der Waals surface area contributed by atoms with E-state index in [1.807, 2.05) is 36.5 Å². The number of carbonyl (C=O) groups is 1. The maximum Gasteiger partial charge on any atom is 0.337 e. The summed E-state index contributed by atoms with van der Waals surface area (Å²) in [5, 5.41) is 11.9. The topological polar surface area (TPSA) is 50.2 Å². The number of hydrogen-bond acceptors (Lipinski definition) is 2. The fraction of sp³-hybridized carbons (Fsp3) is 0.200. The van der Waals surface area contributed by atoms with Gasteiger partial charge in [0.15, 0.2) is 0 Å². The van der Waals surface area contributed by atoms with Crippen LogP contribution in [0, 0.1) is 0 Å². The molecule has 1 aromatic heterocycles. The first-order valence-electron chi connectivity index (χ1n) is 7.91. The molecule has 3 aromatic rings. The van der Waals surface area contributed by atoms with Gasteiger partial charge in [-0.25, -0.2) is 4.79 Å². The van der Waals surface area contributed by atoms with Gasteiger partial charge in [-0.05, 0) is 46.7 Å². The van der Waals surface area contributed by atoms with E-state index >= 15 is 0 Å². The van der Waals surface area contributed by atoms with Gasteiger partial charge in [0.1, 0.15) is 0 Å². The SMILES string of the molecule is O=C(O)c1cc(C2CC2)cnc1Cc1cccc2ccccc12. The van der Waals surface area contributed by atoms with Gasteiger partial charge in [-0.15, -0.1) is 0 Å². The number of aromatic nitrogens is 1.